The van der Waals surface area contributed by atoms with Gasteiger partial charge in [0.05, 0.1) is 17.7 Å². The number of allylic oxidation sites excluding steroid dienone is 2. The lowest BCUT2D eigenvalue weighted by molar-refractivity contribution is -0.141. The average molecular weight is 367 g/mol. The lowest BCUT2D eigenvalue weighted by Gasteiger charge is -2.33. The topological polar surface area (TPSA) is 66.8 Å². The largest absolute Gasteiger partial charge is 0.507 e. The quantitative estimate of drug-likeness (QED) is 0.384. The van der Waals surface area contributed by atoms with Crippen molar-refractivity contribution in [3.8, 4) is 0 Å². The van der Waals surface area contributed by atoms with Gasteiger partial charge in [0, 0.05) is 18.7 Å². The summed E-state index contributed by atoms with van der Waals surface area (Å²) in [5.41, 5.74) is 0.827. The van der Waals surface area contributed by atoms with Crippen molar-refractivity contribution in [1.29, 1.82) is 0 Å². The van der Waals surface area contributed by atoms with Gasteiger partial charge in [0.15, 0.2) is 0 Å². The number of aliphatic hydroxyl groups is 1. The fourth-order valence-corrected chi connectivity index (χ4v) is 4.46. The van der Waals surface area contributed by atoms with Gasteiger partial charge in [-0.3, -0.25) is 9.59 Å². The molecule has 1 aromatic carbocycles. The fraction of sp³-hybridized carbons (Fsp3) is 0.455. The number of Topliss-reactive ketones (excluding diaryl/α,β-unsaturated/α-hetero) is 1. The van der Waals surface area contributed by atoms with E-state index in [1.165, 1.54) is 0 Å². The molecule has 1 amide bonds. The van der Waals surface area contributed by atoms with Gasteiger partial charge < -0.3 is 14.7 Å². The Bertz CT molecular complexity index is 777. The summed E-state index contributed by atoms with van der Waals surface area (Å²) in [5.74, 6) is -1.02. The number of carbonyl (C=O) groups excluding carboxylic acids is 2. The molecule has 0 aromatic heterocycles. The highest BCUT2D eigenvalue weighted by Crippen LogP contribution is 2.38. The second kappa shape index (κ2) is 7.69. The second-order valence-corrected chi connectivity index (χ2v) is 7.54. The molecule has 0 radical (unpaired) electrons. The summed E-state index contributed by atoms with van der Waals surface area (Å²) in [5, 5.41) is 10.9. The summed E-state index contributed by atoms with van der Waals surface area (Å²) in [6.45, 7) is 1.12. The van der Waals surface area contributed by atoms with Crippen LogP contribution in [-0.4, -0.2) is 47.0 Å². The van der Waals surface area contributed by atoms with Crippen LogP contribution in [0.15, 0.2) is 48.1 Å². The van der Waals surface area contributed by atoms with E-state index in [9.17, 15) is 14.7 Å². The normalized spacial score (nSPS) is 30.2. The first-order valence-corrected chi connectivity index (χ1v) is 9.77. The molecule has 1 N–H and O–H groups in total. The Labute approximate surface area is 159 Å². The number of ketones is 1. The van der Waals surface area contributed by atoms with E-state index in [0.29, 0.717) is 18.7 Å². The molecule has 5 nitrogen and oxygen atoms in total. The summed E-state index contributed by atoms with van der Waals surface area (Å²) >= 11 is 0. The van der Waals surface area contributed by atoms with Crippen LogP contribution in [0.1, 0.15) is 37.7 Å². The van der Waals surface area contributed by atoms with E-state index < -0.39 is 11.7 Å². The van der Waals surface area contributed by atoms with E-state index in [0.717, 1.165) is 32.1 Å². The van der Waals surface area contributed by atoms with Crippen LogP contribution in [0.4, 0.5) is 0 Å². The zero-order chi connectivity index (χ0) is 18.8. The van der Waals surface area contributed by atoms with Gasteiger partial charge in [-0.25, -0.2) is 0 Å². The van der Waals surface area contributed by atoms with Crippen molar-refractivity contribution in [3.63, 3.8) is 0 Å². The molecule has 1 aromatic rings. The molecule has 5 heteroatoms. The fourth-order valence-electron chi connectivity index (χ4n) is 4.46. The van der Waals surface area contributed by atoms with Crippen LogP contribution < -0.4 is 0 Å². The third-order valence-corrected chi connectivity index (χ3v) is 5.81. The Balaban J connectivity index is 1.74. The highest BCUT2D eigenvalue weighted by Gasteiger charge is 2.49. The van der Waals surface area contributed by atoms with Crippen LogP contribution in [0.5, 0.6) is 0 Å². The van der Waals surface area contributed by atoms with Crippen LogP contribution in [0.25, 0.3) is 5.76 Å². The third kappa shape index (κ3) is 3.44. The highest BCUT2D eigenvalue weighted by molar-refractivity contribution is 6.46. The first kappa shape index (κ1) is 18.0. The molecule has 0 bridgehead atoms. The monoisotopic (exact) mass is 367 g/mol. The molecule has 1 aliphatic carbocycles. The molecule has 0 saturated carbocycles. The van der Waals surface area contributed by atoms with Crippen molar-refractivity contribution < 1.29 is 19.4 Å². The summed E-state index contributed by atoms with van der Waals surface area (Å²) in [4.78, 5) is 27.4. The SMILES string of the molecule is O=C1C(=O)N(CC2CCCO2)C(C2CC=CCC2)/C1=C(\O)c1ccccc1. The Morgan fingerprint density at radius 1 is 1.15 bits per heavy atom. The maximum absolute atomic E-state index is 12.9. The molecular formula is C22H25NO4. The number of likely N-dealkylation sites (tertiary alicyclic amines) is 1. The number of ether oxygens (including phenoxy) is 1. The second-order valence-electron chi connectivity index (χ2n) is 7.54. The molecule has 0 spiro atoms. The number of aliphatic hydroxyl groups excluding tert-OH is 1. The summed E-state index contributed by atoms with van der Waals surface area (Å²) < 4.78 is 5.72. The smallest absolute Gasteiger partial charge is 0.295 e. The van der Waals surface area contributed by atoms with Gasteiger partial charge in [-0.1, -0.05) is 42.5 Å². The molecule has 2 saturated heterocycles. The molecule has 2 heterocycles. The van der Waals surface area contributed by atoms with Gasteiger partial charge >= 0.3 is 0 Å². The molecule has 27 heavy (non-hydrogen) atoms. The van der Waals surface area contributed by atoms with Gasteiger partial charge in [0.25, 0.3) is 11.7 Å². The summed E-state index contributed by atoms with van der Waals surface area (Å²) in [7, 11) is 0. The predicted octanol–water partition coefficient (Wildman–Crippen LogP) is 3.27. The van der Waals surface area contributed by atoms with Crippen LogP contribution in [0.2, 0.25) is 0 Å². The predicted molar refractivity (Wildman–Crippen MR) is 102 cm³/mol. The van der Waals surface area contributed by atoms with E-state index >= 15 is 0 Å². The minimum atomic E-state index is -0.575. The van der Waals surface area contributed by atoms with Gasteiger partial charge in [-0.2, -0.15) is 0 Å². The molecule has 2 aliphatic heterocycles. The average Bonchev–Trinajstić information content (AvgIpc) is 3.31. The van der Waals surface area contributed by atoms with E-state index in [1.807, 2.05) is 18.2 Å². The van der Waals surface area contributed by atoms with Crippen LogP contribution in [-0.2, 0) is 14.3 Å². The molecule has 3 aliphatic rings. The molecule has 3 atom stereocenters. The molecule has 2 fully saturated rings. The summed E-state index contributed by atoms with van der Waals surface area (Å²) in [6, 6.07) is 8.63. The molecular weight excluding hydrogens is 342 g/mol. The molecule has 142 valence electrons. The number of rotatable bonds is 4. The van der Waals surface area contributed by atoms with Gasteiger partial charge in [0.1, 0.15) is 5.76 Å². The van der Waals surface area contributed by atoms with Crippen LogP contribution in [0.3, 0.4) is 0 Å². The van der Waals surface area contributed by atoms with E-state index in [-0.39, 0.29) is 29.4 Å². The van der Waals surface area contributed by atoms with Crippen LogP contribution >= 0.6 is 0 Å². The zero-order valence-corrected chi connectivity index (χ0v) is 15.3. The van der Waals surface area contributed by atoms with Crippen molar-refractivity contribution in [3.05, 3.63) is 53.6 Å². The van der Waals surface area contributed by atoms with E-state index in [1.54, 1.807) is 17.0 Å². The van der Waals surface area contributed by atoms with Crippen molar-refractivity contribution >= 4 is 17.4 Å². The number of benzene rings is 1. The van der Waals surface area contributed by atoms with Gasteiger partial charge in [-0.05, 0) is 38.0 Å². The number of hydrogen-bond donors (Lipinski definition) is 1. The first-order valence-electron chi connectivity index (χ1n) is 9.77. The Morgan fingerprint density at radius 3 is 2.63 bits per heavy atom. The summed E-state index contributed by atoms with van der Waals surface area (Å²) in [6.07, 6.45) is 8.74. The first-order chi connectivity index (χ1) is 13.2. The zero-order valence-electron chi connectivity index (χ0n) is 15.3. The standard InChI is InChI=1S/C22H25NO4/c24-20(16-10-5-2-6-11-16)18-19(15-8-3-1-4-9-15)23(22(26)21(18)25)14-17-12-7-13-27-17/h1-3,5-6,10-11,15,17,19,24H,4,7-9,12-14H2/b20-18+. The Kier molecular flexibility index (Phi) is 5.12. The number of carbonyl (C=O) groups is 2. The van der Waals surface area contributed by atoms with E-state index in [2.05, 4.69) is 12.2 Å². The van der Waals surface area contributed by atoms with Gasteiger partial charge in [-0.15, -0.1) is 0 Å². The van der Waals surface area contributed by atoms with Crippen molar-refractivity contribution in [2.75, 3.05) is 13.2 Å². The Morgan fingerprint density at radius 2 is 1.96 bits per heavy atom. The Hall–Kier alpha value is -2.40. The lowest BCUT2D eigenvalue weighted by atomic mass is 9.83. The van der Waals surface area contributed by atoms with Crippen molar-refractivity contribution in [1.82, 2.24) is 4.90 Å². The minimum Gasteiger partial charge on any atom is -0.507 e. The van der Waals surface area contributed by atoms with E-state index in [4.69, 9.17) is 4.74 Å². The number of amides is 1. The van der Waals surface area contributed by atoms with Crippen LogP contribution in [0, 0.1) is 5.92 Å². The lowest BCUT2D eigenvalue weighted by Crippen LogP contribution is -2.43. The molecule has 4 rings (SSSR count). The number of hydrogen-bond acceptors (Lipinski definition) is 4. The van der Waals surface area contributed by atoms with Crippen molar-refractivity contribution in [2.24, 2.45) is 5.92 Å². The highest BCUT2D eigenvalue weighted by atomic mass is 16.5. The maximum atomic E-state index is 12.9. The maximum Gasteiger partial charge on any atom is 0.295 e. The number of nitrogens with zero attached hydrogens (tertiary/aromatic N) is 1. The van der Waals surface area contributed by atoms with Crippen molar-refractivity contribution in [2.45, 2.75) is 44.2 Å². The van der Waals surface area contributed by atoms with Gasteiger partial charge in [0.2, 0.25) is 0 Å². The molecule has 3 unspecified atom stereocenters. The third-order valence-electron chi connectivity index (χ3n) is 5.81. The minimum absolute atomic E-state index is 0.0263.